The minimum absolute atomic E-state index is 0.426. The summed E-state index contributed by atoms with van der Waals surface area (Å²) >= 11 is 0. The Bertz CT molecular complexity index is 780. The van der Waals surface area contributed by atoms with Crippen LogP contribution in [0.5, 0.6) is 0 Å². The van der Waals surface area contributed by atoms with E-state index in [1.165, 1.54) is 17.2 Å². The molecule has 6 nitrogen and oxygen atoms in total. The van der Waals surface area contributed by atoms with Crippen molar-refractivity contribution in [2.45, 2.75) is 72.0 Å². The lowest BCUT2D eigenvalue weighted by atomic mass is 9.88. The Kier molecular flexibility index (Phi) is 5.37. The van der Waals surface area contributed by atoms with Gasteiger partial charge in [0, 0.05) is 44.1 Å². The van der Waals surface area contributed by atoms with Gasteiger partial charge in [0.15, 0.2) is 5.89 Å². The Labute approximate surface area is 162 Å². The monoisotopic (exact) mass is 371 g/mol. The molecule has 2 aromatic heterocycles. The summed E-state index contributed by atoms with van der Waals surface area (Å²) < 4.78 is 8.37. The molecule has 0 radical (unpaired) electrons. The highest BCUT2D eigenvalue weighted by atomic mass is 16.4. The number of aryl methyl sites for hydroxylation is 1. The van der Waals surface area contributed by atoms with Crippen molar-refractivity contribution in [3.05, 3.63) is 35.1 Å². The van der Waals surface area contributed by atoms with Gasteiger partial charge in [0.1, 0.15) is 11.6 Å². The van der Waals surface area contributed by atoms with Crippen molar-refractivity contribution in [2.75, 3.05) is 26.2 Å². The van der Waals surface area contributed by atoms with Crippen LogP contribution in [0.3, 0.4) is 0 Å². The smallest absolute Gasteiger partial charge is 0.194 e. The molecule has 4 rings (SSSR count). The van der Waals surface area contributed by atoms with Crippen LogP contribution < -0.4 is 0 Å². The zero-order valence-electron chi connectivity index (χ0n) is 17.2. The maximum Gasteiger partial charge on any atom is 0.194 e. The molecule has 148 valence electrons. The number of fused-ring (bicyclic) bond motifs is 2. The van der Waals surface area contributed by atoms with Crippen LogP contribution >= 0.6 is 0 Å². The fraction of sp³-hybridized carbons (Fsp3) is 0.714. The first kappa shape index (κ1) is 18.7. The van der Waals surface area contributed by atoms with Gasteiger partial charge in [-0.25, -0.2) is 9.97 Å². The average molecular weight is 372 g/mol. The van der Waals surface area contributed by atoms with Crippen LogP contribution in [0.25, 0.3) is 0 Å². The van der Waals surface area contributed by atoms with E-state index >= 15 is 0 Å². The van der Waals surface area contributed by atoms with Crippen LogP contribution in [-0.2, 0) is 26.1 Å². The Hall–Kier alpha value is -1.66. The molecule has 0 bridgehead atoms. The molecule has 0 saturated carbocycles. The predicted molar refractivity (Wildman–Crippen MR) is 106 cm³/mol. The van der Waals surface area contributed by atoms with Gasteiger partial charge in [-0.05, 0) is 19.5 Å². The van der Waals surface area contributed by atoms with Crippen molar-refractivity contribution < 1.29 is 4.42 Å². The maximum atomic E-state index is 6.02. The largest absolute Gasteiger partial charge is 0.444 e. The summed E-state index contributed by atoms with van der Waals surface area (Å²) in [5, 5.41) is 0. The van der Waals surface area contributed by atoms with Gasteiger partial charge in [0.2, 0.25) is 0 Å². The summed E-state index contributed by atoms with van der Waals surface area (Å²) in [6.07, 6.45) is 4.23. The Balaban J connectivity index is 1.52. The first-order valence-corrected chi connectivity index (χ1v) is 10.6. The summed E-state index contributed by atoms with van der Waals surface area (Å²) in [5.41, 5.74) is 2.43. The van der Waals surface area contributed by atoms with Gasteiger partial charge in [-0.3, -0.25) is 9.80 Å². The van der Waals surface area contributed by atoms with E-state index in [1.807, 2.05) is 0 Å². The molecular formula is C21H33N5O. The quantitative estimate of drug-likeness (QED) is 0.779. The first-order chi connectivity index (χ1) is 13.1. The molecular weight excluding hydrogens is 338 g/mol. The van der Waals surface area contributed by atoms with E-state index in [9.17, 15) is 0 Å². The maximum absolute atomic E-state index is 6.02. The lowest BCUT2D eigenvalue weighted by Crippen LogP contribution is -2.33. The van der Waals surface area contributed by atoms with Gasteiger partial charge < -0.3 is 8.98 Å². The highest BCUT2D eigenvalue weighted by molar-refractivity contribution is 5.21. The minimum Gasteiger partial charge on any atom is -0.444 e. The van der Waals surface area contributed by atoms with Crippen molar-refractivity contribution in [2.24, 2.45) is 0 Å². The molecule has 2 atom stereocenters. The standard InChI is InChI=1S/C21H33N5O/c1-5-20-23-21-16(11-25(7-3)13-18(21)27-20)10-15(4)17-12-26-9-8-24(6-2)14-19(26)22-17/h12,15-16H,5-11,13-14H2,1-4H3. The van der Waals surface area contributed by atoms with Crippen LogP contribution in [0, 0.1) is 0 Å². The van der Waals surface area contributed by atoms with Crippen molar-refractivity contribution >= 4 is 0 Å². The molecule has 0 amide bonds. The molecule has 27 heavy (non-hydrogen) atoms. The average Bonchev–Trinajstić information content (AvgIpc) is 3.30. The van der Waals surface area contributed by atoms with Crippen LogP contribution in [0.2, 0.25) is 0 Å². The molecule has 0 N–H and O–H groups in total. The second-order valence-electron chi connectivity index (χ2n) is 8.08. The number of likely N-dealkylation sites (N-methyl/N-ethyl adjacent to an activating group) is 2. The molecule has 2 aromatic rings. The van der Waals surface area contributed by atoms with E-state index in [-0.39, 0.29) is 0 Å². The topological polar surface area (TPSA) is 50.3 Å². The van der Waals surface area contributed by atoms with Gasteiger partial charge in [-0.15, -0.1) is 0 Å². The second kappa shape index (κ2) is 7.76. The van der Waals surface area contributed by atoms with Crippen molar-refractivity contribution in [1.82, 2.24) is 24.3 Å². The summed E-state index contributed by atoms with van der Waals surface area (Å²) in [4.78, 5) is 14.8. The summed E-state index contributed by atoms with van der Waals surface area (Å²) in [6.45, 7) is 16.2. The van der Waals surface area contributed by atoms with Gasteiger partial charge in [0.25, 0.3) is 0 Å². The second-order valence-corrected chi connectivity index (χ2v) is 8.08. The Morgan fingerprint density at radius 3 is 2.67 bits per heavy atom. The lowest BCUT2D eigenvalue weighted by molar-refractivity contribution is 0.208. The molecule has 2 aliphatic rings. The highest BCUT2D eigenvalue weighted by Crippen LogP contribution is 2.36. The lowest BCUT2D eigenvalue weighted by Gasteiger charge is -2.31. The number of hydrogen-bond donors (Lipinski definition) is 0. The van der Waals surface area contributed by atoms with E-state index in [1.54, 1.807) is 0 Å². The van der Waals surface area contributed by atoms with Crippen molar-refractivity contribution in [3.8, 4) is 0 Å². The molecule has 0 aliphatic carbocycles. The molecule has 0 saturated heterocycles. The van der Waals surface area contributed by atoms with Gasteiger partial charge in [-0.2, -0.15) is 0 Å². The van der Waals surface area contributed by atoms with Gasteiger partial charge in [0.05, 0.1) is 24.5 Å². The molecule has 0 spiro atoms. The van der Waals surface area contributed by atoms with Crippen molar-refractivity contribution in [3.63, 3.8) is 0 Å². The summed E-state index contributed by atoms with van der Waals surface area (Å²) in [6, 6.07) is 0. The zero-order valence-corrected chi connectivity index (χ0v) is 17.2. The first-order valence-electron chi connectivity index (χ1n) is 10.6. The third-order valence-electron chi connectivity index (χ3n) is 6.24. The van der Waals surface area contributed by atoms with E-state index in [0.717, 1.165) is 70.3 Å². The molecule has 0 fully saturated rings. The molecule has 2 aliphatic heterocycles. The van der Waals surface area contributed by atoms with Gasteiger partial charge in [-0.1, -0.05) is 27.7 Å². The van der Waals surface area contributed by atoms with E-state index in [2.05, 4.69) is 48.3 Å². The molecule has 0 aromatic carbocycles. The summed E-state index contributed by atoms with van der Waals surface area (Å²) in [7, 11) is 0. The number of aromatic nitrogens is 3. The van der Waals surface area contributed by atoms with E-state index in [4.69, 9.17) is 14.4 Å². The number of rotatable bonds is 6. The van der Waals surface area contributed by atoms with Crippen LogP contribution in [0.1, 0.15) is 74.8 Å². The number of nitrogens with zero attached hydrogens (tertiary/aromatic N) is 5. The molecule has 6 heteroatoms. The third-order valence-corrected chi connectivity index (χ3v) is 6.24. The van der Waals surface area contributed by atoms with Crippen LogP contribution in [-0.4, -0.2) is 50.5 Å². The number of hydrogen-bond acceptors (Lipinski definition) is 5. The van der Waals surface area contributed by atoms with E-state index in [0.29, 0.717) is 11.8 Å². The third kappa shape index (κ3) is 3.69. The predicted octanol–water partition coefficient (Wildman–Crippen LogP) is 3.38. The minimum atomic E-state index is 0.426. The Morgan fingerprint density at radius 1 is 1.11 bits per heavy atom. The Morgan fingerprint density at radius 2 is 1.93 bits per heavy atom. The zero-order chi connectivity index (χ0) is 19.0. The van der Waals surface area contributed by atoms with Crippen LogP contribution in [0.15, 0.2) is 10.6 Å². The SMILES string of the molecule is CCc1nc2c(o1)CN(CC)CC2CC(C)c1cn2c(n1)CN(CC)CC2. The number of imidazole rings is 1. The fourth-order valence-corrected chi connectivity index (χ4v) is 4.47. The molecule has 2 unspecified atom stereocenters. The molecule has 4 heterocycles. The van der Waals surface area contributed by atoms with Gasteiger partial charge >= 0.3 is 0 Å². The fourth-order valence-electron chi connectivity index (χ4n) is 4.47. The number of oxazole rings is 1. The van der Waals surface area contributed by atoms with Crippen LogP contribution in [0.4, 0.5) is 0 Å². The van der Waals surface area contributed by atoms with Crippen molar-refractivity contribution in [1.29, 1.82) is 0 Å². The normalized spacial score (nSPS) is 21.9. The highest BCUT2D eigenvalue weighted by Gasteiger charge is 2.31. The van der Waals surface area contributed by atoms with E-state index < -0.39 is 0 Å². The summed E-state index contributed by atoms with van der Waals surface area (Å²) in [5.74, 6) is 4.04.